The van der Waals surface area contributed by atoms with Crippen molar-refractivity contribution in [3.63, 3.8) is 0 Å². The van der Waals surface area contributed by atoms with Gasteiger partial charge in [-0.05, 0) is 54.9 Å². The molecule has 1 aromatic carbocycles. The molecule has 27 heavy (non-hydrogen) atoms. The van der Waals surface area contributed by atoms with E-state index in [0.717, 1.165) is 19.3 Å². The zero-order chi connectivity index (χ0) is 19.7. The zero-order valence-corrected chi connectivity index (χ0v) is 18.6. The fraction of sp³-hybridized carbons (Fsp3) is 0.769. The third kappa shape index (κ3) is 10.2. The lowest BCUT2D eigenvalue weighted by molar-refractivity contribution is 0.463. The van der Waals surface area contributed by atoms with Crippen molar-refractivity contribution in [3.8, 4) is 5.75 Å². The first kappa shape index (κ1) is 24.1. The Bertz CT molecular complexity index is 477. The summed E-state index contributed by atoms with van der Waals surface area (Å²) < 4.78 is 0. The average molecular weight is 375 g/mol. The van der Waals surface area contributed by atoms with Gasteiger partial charge in [0, 0.05) is 0 Å². The Morgan fingerprint density at radius 1 is 0.556 bits per heavy atom. The van der Waals surface area contributed by atoms with Gasteiger partial charge >= 0.3 is 0 Å². The highest BCUT2D eigenvalue weighted by Crippen LogP contribution is 2.29. The largest absolute Gasteiger partial charge is 0.508 e. The SMILES string of the molecule is CCCCCCCCCc1c(O)ccc(CC)c1CCCCCCCCC. The van der Waals surface area contributed by atoms with Crippen LogP contribution in [-0.4, -0.2) is 5.11 Å². The van der Waals surface area contributed by atoms with Gasteiger partial charge in [-0.3, -0.25) is 0 Å². The van der Waals surface area contributed by atoms with Crippen LogP contribution in [0.1, 0.15) is 127 Å². The van der Waals surface area contributed by atoms with Crippen molar-refractivity contribution in [2.45, 2.75) is 130 Å². The van der Waals surface area contributed by atoms with Crippen LogP contribution in [0.25, 0.3) is 0 Å². The topological polar surface area (TPSA) is 20.2 Å². The van der Waals surface area contributed by atoms with Gasteiger partial charge < -0.3 is 5.11 Å². The number of aryl methyl sites for hydroxylation is 1. The highest BCUT2D eigenvalue weighted by molar-refractivity contribution is 5.44. The third-order valence-corrected chi connectivity index (χ3v) is 5.95. The van der Waals surface area contributed by atoms with Crippen LogP contribution >= 0.6 is 0 Å². The summed E-state index contributed by atoms with van der Waals surface area (Å²) in [6.45, 7) is 6.80. The molecule has 0 fully saturated rings. The maximum atomic E-state index is 10.5. The highest BCUT2D eigenvalue weighted by atomic mass is 16.3. The first-order valence-electron chi connectivity index (χ1n) is 12.1. The van der Waals surface area contributed by atoms with E-state index in [9.17, 15) is 5.11 Å². The van der Waals surface area contributed by atoms with E-state index in [1.807, 2.05) is 6.07 Å². The quantitative estimate of drug-likeness (QED) is 0.271. The summed E-state index contributed by atoms with van der Waals surface area (Å²) in [6, 6.07) is 4.09. The summed E-state index contributed by atoms with van der Waals surface area (Å²) in [6.07, 6.45) is 22.1. The summed E-state index contributed by atoms with van der Waals surface area (Å²) in [5.41, 5.74) is 4.18. The van der Waals surface area contributed by atoms with Crippen molar-refractivity contribution < 1.29 is 5.11 Å². The molecule has 0 unspecified atom stereocenters. The van der Waals surface area contributed by atoms with Crippen LogP contribution in [0.3, 0.4) is 0 Å². The Balaban J connectivity index is 2.47. The predicted molar refractivity (Wildman–Crippen MR) is 121 cm³/mol. The van der Waals surface area contributed by atoms with E-state index < -0.39 is 0 Å². The van der Waals surface area contributed by atoms with Crippen LogP contribution in [0, 0.1) is 0 Å². The molecule has 1 aromatic rings. The summed E-state index contributed by atoms with van der Waals surface area (Å²) in [5, 5.41) is 10.5. The number of rotatable bonds is 17. The maximum Gasteiger partial charge on any atom is 0.119 e. The summed E-state index contributed by atoms with van der Waals surface area (Å²) >= 11 is 0. The molecule has 0 saturated carbocycles. The predicted octanol–water partition coefficient (Wildman–Crippen LogP) is 8.54. The van der Waals surface area contributed by atoms with E-state index in [-0.39, 0.29) is 0 Å². The molecule has 0 heterocycles. The number of hydrogen-bond acceptors (Lipinski definition) is 1. The summed E-state index contributed by atoms with van der Waals surface area (Å²) in [4.78, 5) is 0. The molecule has 0 atom stereocenters. The number of aromatic hydroxyl groups is 1. The van der Waals surface area contributed by atoms with Crippen LogP contribution in [0.4, 0.5) is 0 Å². The number of hydrogen-bond donors (Lipinski definition) is 1. The molecule has 1 N–H and O–H groups in total. The van der Waals surface area contributed by atoms with Crippen molar-refractivity contribution in [2.75, 3.05) is 0 Å². The second-order valence-electron chi connectivity index (χ2n) is 8.30. The van der Waals surface area contributed by atoms with Gasteiger partial charge in [-0.25, -0.2) is 0 Å². The third-order valence-electron chi connectivity index (χ3n) is 5.95. The normalized spacial score (nSPS) is 11.2. The lowest BCUT2D eigenvalue weighted by Crippen LogP contribution is -2.01. The Morgan fingerprint density at radius 3 is 1.48 bits per heavy atom. The Labute approximate surface area is 170 Å². The monoisotopic (exact) mass is 374 g/mol. The molecule has 0 amide bonds. The van der Waals surface area contributed by atoms with Crippen LogP contribution in [-0.2, 0) is 19.3 Å². The van der Waals surface area contributed by atoms with Crippen molar-refractivity contribution in [1.82, 2.24) is 0 Å². The molecule has 0 aliphatic heterocycles. The lowest BCUT2D eigenvalue weighted by atomic mass is 9.90. The molecule has 1 rings (SSSR count). The smallest absolute Gasteiger partial charge is 0.119 e. The van der Waals surface area contributed by atoms with Gasteiger partial charge in [-0.15, -0.1) is 0 Å². The average Bonchev–Trinajstić information content (AvgIpc) is 2.68. The standard InChI is InChI=1S/C26H46O/c1-4-7-9-11-13-15-17-19-24-23(6-3)21-22-26(27)25(24)20-18-16-14-12-10-8-5-2/h21-22,27H,4-20H2,1-3H3. The molecule has 1 heteroatoms. The molecule has 0 spiro atoms. The molecule has 0 aliphatic carbocycles. The van der Waals surface area contributed by atoms with Gasteiger partial charge in [0.15, 0.2) is 0 Å². The number of phenols is 1. The van der Waals surface area contributed by atoms with Crippen LogP contribution in [0.15, 0.2) is 12.1 Å². The molecule has 0 radical (unpaired) electrons. The van der Waals surface area contributed by atoms with Gasteiger partial charge in [-0.1, -0.05) is 104 Å². The molecular weight excluding hydrogens is 328 g/mol. The second-order valence-corrected chi connectivity index (χ2v) is 8.30. The summed E-state index contributed by atoms with van der Waals surface area (Å²) in [7, 11) is 0. The van der Waals surface area contributed by atoms with Gasteiger partial charge in [0.1, 0.15) is 5.75 Å². The second kappa shape index (κ2) is 16.0. The van der Waals surface area contributed by atoms with Gasteiger partial charge in [0.25, 0.3) is 0 Å². The molecule has 0 saturated heterocycles. The molecule has 0 aliphatic rings. The van der Waals surface area contributed by atoms with Crippen molar-refractivity contribution in [1.29, 1.82) is 0 Å². The fourth-order valence-electron chi connectivity index (χ4n) is 4.17. The molecule has 0 bridgehead atoms. The Hall–Kier alpha value is -0.980. The van der Waals surface area contributed by atoms with E-state index in [1.165, 1.54) is 107 Å². The van der Waals surface area contributed by atoms with Crippen LogP contribution in [0.2, 0.25) is 0 Å². The molecule has 156 valence electrons. The maximum absolute atomic E-state index is 10.5. The molecular formula is C26H46O. The summed E-state index contributed by atoms with van der Waals surface area (Å²) in [5.74, 6) is 0.538. The minimum atomic E-state index is 0.538. The lowest BCUT2D eigenvalue weighted by Gasteiger charge is -2.16. The van der Waals surface area contributed by atoms with E-state index in [0.29, 0.717) is 5.75 Å². The van der Waals surface area contributed by atoms with E-state index in [1.54, 1.807) is 0 Å². The zero-order valence-electron chi connectivity index (χ0n) is 18.6. The Kier molecular flexibility index (Phi) is 14.3. The van der Waals surface area contributed by atoms with Gasteiger partial charge in [-0.2, -0.15) is 0 Å². The molecule has 0 aromatic heterocycles. The van der Waals surface area contributed by atoms with Gasteiger partial charge in [0.05, 0.1) is 0 Å². The van der Waals surface area contributed by atoms with E-state index in [4.69, 9.17) is 0 Å². The number of unbranched alkanes of at least 4 members (excludes halogenated alkanes) is 12. The van der Waals surface area contributed by atoms with Gasteiger partial charge in [0.2, 0.25) is 0 Å². The minimum absolute atomic E-state index is 0.538. The van der Waals surface area contributed by atoms with Crippen LogP contribution < -0.4 is 0 Å². The number of phenolic OH excluding ortho intramolecular Hbond substituents is 1. The minimum Gasteiger partial charge on any atom is -0.508 e. The fourth-order valence-corrected chi connectivity index (χ4v) is 4.17. The highest BCUT2D eigenvalue weighted by Gasteiger charge is 2.12. The van der Waals surface area contributed by atoms with E-state index in [2.05, 4.69) is 26.8 Å². The first-order chi connectivity index (χ1) is 13.2. The number of benzene rings is 1. The molecule has 1 nitrogen and oxygen atoms in total. The van der Waals surface area contributed by atoms with Crippen molar-refractivity contribution in [2.24, 2.45) is 0 Å². The first-order valence-corrected chi connectivity index (χ1v) is 12.1. The van der Waals surface area contributed by atoms with Crippen LogP contribution in [0.5, 0.6) is 5.75 Å². The van der Waals surface area contributed by atoms with Crippen molar-refractivity contribution >= 4 is 0 Å². The van der Waals surface area contributed by atoms with Crippen molar-refractivity contribution in [3.05, 3.63) is 28.8 Å². The Morgan fingerprint density at radius 2 is 1.00 bits per heavy atom. The van der Waals surface area contributed by atoms with E-state index >= 15 is 0 Å².